The number of allylic oxidation sites excluding steroid dienone is 2. The number of hydrogen-bond donors (Lipinski definition) is 0. The molecule has 0 radical (unpaired) electrons. The first-order valence-electron chi connectivity index (χ1n) is 3.69. The summed E-state index contributed by atoms with van der Waals surface area (Å²) in [4.78, 5) is 0. The maximum atomic E-state index is 2.25. The van der Waals surface area contributed by atoms with Gasteiger partial charge in [0.05, 0.1) is 0 Å². The summed E-state index contributed by atoms with van der Waals surface area (Å²) in [5, 5.41) is 2.91. The molecule has 0 unspecified atom stereocenters. The third-order valence-corrected chi connectivity index (χ3v) is 2.82. The molecule has 0 saturated carbocycles. The first kappa shape index (κ1) is 6.82. The minimum atomic E-state index is 1.36. The van der Waals surface area contributed by atoms with Gasteiger partial charge in [0.1, 0.15) is 0 Å². The molecule has 1 heterocycles. The summed E-state index contributed by atoms with van der Waals surface area (Å²) in [5.41, 5.74) is 1.36. The van der Waals surface area contributed by atoms with E-state index in [2.05, 4.69) is 43.3 Å². The number of benzene rings is 1. The zero-order valence-electron chi connectivity index (χ0n) is 6.41. The first-order valence-corrected chi connectivity index (χ1v) is 4.58. The molecule has 0 saturated heterocycles. The lowest BCUT2D eigenvalue weighted by Gasteiger charge is -2.10. The SMILES string of the molecule is CC1=CC(c2ccccc2)=P1. The van der Waals surface area contributed by atoms with Crippen molar-refractivity contribution in [1.29, 1.82) is 0 Å². The van der Waals surface area contributed by atoms with Crippen LogP contribution < -0.4 is 0 Å². The quantitative estimate of drug-likeness (QED) is 0.554. The summed E-state index contributed by atoms with van der Waals surface area (Å²) in [6.07, 6.45) is 2.25. The maximum absolute atomic E-state index is 2.25. The first-order chi connectivity index (χ1) is 5.36. The minimum absolute atomic E-state index is 1.36. The van der Waals surface area contributed by atoms with Crippen molar-refractivity contribution < 1.29 is 0 Å². The van der Waals surface area contributed by atoms with Crippen molar-refractivity contribution in [2.75, 3.05) is 0 Å². The van der Waals surface area contributed by atoms with Gasteiger partial charge in [0.2, 0.25) is 0 Å². The second-order valence-electron chi connectivity index (χ2n) is 2.65. The molecule has 11 heavy (non-hydrogen) atoms. The van der Waals surface area contributed by atoms with Crippen LogP contribution in [0.2, 0.25) is 0 Å². The second kappa shape index (κ2) is 2.64. The predicted octanol–water partition coefficient (Wildman–Crippen LogP) is 3.07. The Morgan fingerprint density at radius 1 is 1.09 bits per heavy atom. The van der Waals surface area contributed by atoms with Gasteiger partial charge >= 0.3 is 0 Å². The molecule has 2 rings (SSSR count). The molecule has 0 amide bonds. The smallest absolute Gasteiger partial charge is 0.00988 e. The van der Waals surface area contributed by atoms with E-state index in [0.29, 0.717) is 0 Å². The zero-order valence-corrected chi connectivity index (χ0v) is 7.31. The van der Waals surface area contributed by atoms with Gasteiger partial charge in [-0.2, -0.15) is 0 Å². The van der Waals surface area contributed by atoms with E-state index in [9.17, 15) is 0 Å². The Labute approximate surface area is 68.4 Å². The van der Waals surface area contributed by atoms with Crippen molar-refractivity contribution in [3.8, 4) is 0 Å². The Hall–Kier alpha value is -0.870. The van der Waals surface area contributed by atoms with Crippen molar-refractivity contribution in [2.45, 2.75) is 6.92 Å². The van der Waals surface area contributed by atoms with E-state index in [-0.39, 0.29) is 0 Å². The van der Waals surface area contributed by atoms with Crippen LogP contribution >= 0.6 is 8.20 Å². The zero-order chi connectivity index (χ0) is 7.68. The van der Waals surface area contributed by atoms with E-state index in [4.69, 9.17) is 0 Å². The molecule has 0 nitrogen and oxygen atoms in total. The van der Waals surface area contributed by atoms with Crippen molar-refractivity contribution in [1.82, 2.24) is 0 Å². The van der Waals surface area contributed by atoms with Crippen LogP contribution in [-0.4, -0.2) is 5.29 Å². The average molecular weight is 160 g/mol. The fraction of sp³-hybridized carbons (Fsp3) is 0.100. The molecule has 0 atom stereocenters. The summed E-state index contributed by atoms with van der Waals surface area (Å²) in [5.74, 6) is 0. The lowest BCUT2D eigenvalue weighted by Crippen LogP contribution is -1.98. The summed E-state index contributed by atoms with van der Waals surface area (Å²) in [7, 11) is 1.40. The standard InChI is InChI=1S/C10H9P/c1-8-7-10(11-8)9-5-3-2-4-6-9/h2-7H,1H3. The van der Waals surface area contributed by atoms with Crippen LogP contribution in [0.3, 0.4) is 0 Å². The molecule has 1 aromatic rings. The van der Waals surface area contributed by atoms with Gasteiger partial charge in [-0.15, -0.1) is 0 Å². The molecule has 1 aromatic carbocycles. The fourth-order valence-electron chi connectivity index (χ4n) is 1.14. The van der Waals surface area contributed by atoms with E-state index >= 15 is 0 Å². The molecule has 0 aromatic heterocycles. The van der Waals surface area contributed by atoms with E-state index in [1.165, 1.54) is 24.4 Å². The lowest BCUT2D eigenvalue weighted by atomic mass is 10.1. The Morgan fingerprint density at radius 2 is 1.73 bits per heavy atom. The van der Waals surface area contributed by atoms with Gasteiger partial charge in [0, 0.05) is 5.29 Å². The highest BCUT2D eigenvalue weighted by atomic mass is 31.1. The van der Waals surface area contributed by atoms with Crippen LogP contribution in [0.15, 0.2) is 41.7 Å². The minimum Gasteiger partial charge on any atom is -0.0645 e. The van der Waals surface area contributed by atoms with E-state index in [1.807, 2.05) is 0 Å². The fourth-order valence-corrected chi connectivity index (χ4v) is 2.05. The molecular weight excluding hydrogens is 151 g/mol. The van der Waals surface area contributed by atoms with Gasteiger partial charge in [0.15, 0.2) is 0 Å². The molecule has 54 valence electrons. The van der Waals surface area contributed by atoms with Gasteiger partial charge < -0.3 is 0 Å². The third-order valence-electron chi connectivity index (χ3n) is 1.71. The molecule has 0 N–H and O–H groups in total. The van der Waals surface area contributed by atoms with Crippen LogP contribution in [0.1, 0.15) is 12.5 Å². The Kier molecular flexibility index (Phi) is 1.63. The highest BCUT2D eigenvalue weighted by molar-refractivity contribution is 7.49. The number of hydrogen-bond acceptors (Lipinski definition) is 0. The second-order valence-corrected chi connectivity index (χ2v) is 4.06. The summed E-state index contributed by atoms with van der Waals surface area (Å²) >= 11 is 0. The highest BCUT2D eigenvalue weighted by Crippen LogP contribution is 2.28. The third kappa shape index (κ3) is 1.27. The molecule has 1 heteroatoms. The molecule has 1 aliphatic rings. The molecule has 0 spiro atoms. The van der Waals surface area contributed by atoms with Gasteiger partial charge in [-0.3, -0.25) is 0 Å². The van der Waals surface area contributed by atoms with Crippen molar-refractivity contribution >= 4 is 13.5 Å². The largest absolute Gasteiger partial charge is 0.0645 e. The molecule has 0 aliphatic carbocycles. The van der Waals surface area contributed by atoms with Crippen LogP contribution in [0.25, 0.3) is 0 Å². The van der Waals surface area contributed by atoms with E-state index in [0.717, 1.165) is 0 Å². The van der Waals surface area contributed by atoms with Crippen molar-refractivity contribution in [3.05, 3.63) is 47.3 Å². The molecule has 0 bridgehead atoms. The maximum Gasteiger partial charge on any atom is 0.00988 e. The van der Waals surface area contributed by atoms with E-state index < -0.39 is 0 Å². The Bertz CT molecular complexity index is 320. The molecule has 1 aliphatic heterocycles. The van der Waals surface area contributed by atoms with Crippen molar-refractivity contribution in [3.63, 3.8) is 0 Å². The van der Waals surface area contributed by atoms with Gasteiger partial charge in [-0.1, -0.05) is 38.5 Å². The van der Waals surface area contributed by atoms with Crippen LogP contribution in [0.5, 0.6) is 0 Å². The van der Waals surface area contributed by atoms with Gasteiger partial charge in [-0.05, 0) is 23.9 Å². The Morgan fingerprint density at radius 3 is 2.27 bits per heavy atom. The normalized spacial score (nSPS) is 16.5. The number of rotatable bonds is 1. The van der Waals surface area contributed by atoms with E-state index in [1.54, 1.807) is 0 Å². The summed E-state index contributed by atoms with van der Waals surface area (Å²) in [6, 6.07) is 10.5. The molecule has 0 fully saturated rings. The van der Waals surface area contributed by atoms with Gasteiger partial charge in [0.25, 0.3) is 0 Å². The van der Waals surface area contributed by atoms with Crippen LogP contribution in [0, 0.1) is 0 Å². The molecular formula is C10H9P. The van der Waals surface area contributed by atoms with Crippen molar-refractivity contribution in [2.24, 2.45) is 0 Å². The predicted molar refractivity (Wildman–Crippen MR) is 51.2 cm³/mol. The van der Waals surface area contributed by atoms with Crippen LogP contribution in [0.4, 0.5) is 0 Å². The highest BCUT2D eigenvalue weighted by Gasteiger charge is 2.05. The summed E-state index contributed by atoms with van der Waals surface area (Å²) in [6.45, 7) is 2.16. The van der Waals surface area contributed by atoms with Crippen LogP contribution in [-0.2, 0) is 0 Å². The van der Waals surface area contributed by atoms with Gasteiger partial charge in [-0.25, -0.2) is 0 Å². The monoisotopic (exact) mass is 160 g/mol. The topological polar surface area (TPSA) is 0 Å². The average Bonchev–Trinajstić information content (AvgIpc) is 2.01. The summed E-state index contributed by atoms with van der Waals surface area (Å²) < 4.78 is 0. The Balaban J connectivity index is 2.27. The lowest BCUT2D eigenvalue weighted by molar-refractivity contribution is 1.63.